The molecule has 0 radical (unpaired) electrons. The summed E-state index contributed by atoms with van der Waals surface area (Å²) in [6.07, 6.45) is 0.613. The normalized spacial score (nSPS) is 23.0. The van der Waals surface area contributed by atoms with Crippen LogP contribution in [0.2, 0.25) is 0 Å². The van der Waals surface area contributed by atoms with Gasteiger partial charge in [-0.1, -0.05) is 18.2 Å². The molecule has 0 spiro atoms. The predicted octanol–water partition coefficient (Wildman–Crippen LogP) is 2.46. The van der Waals surface area contributed by atoms with Gasteiger partial charge in [-0.05, 0) is 50.5 Å². The number of nitrogens with zero attached hydrogens (tertiary/aromatic N) is 3. The maximum Gasteiger partial charge on any atom is 0.265 e. The Morgan fingerprint density at radius 1 is 1.06 bits per heavy atom. The van der Waals surface area contributed by atoms with Crippen molar-refractivity contribution >= 4 is 33.2 Å². The zero-order valence-corrected chi connectivity index (χ0v) is 21.5. The van der Waals surface area contributed by atoms with Gasteiger partial charge in [0.25, 0.3) is 5.91 Å². The number of rotatable bonds is 4. The van der Waals surface area contributed by atoms with Gasteiger partial charge in [0, 0.05) is 51.0 Å². The zero-order valence-electron chi connectivity index (χ0n) is 20.6. The Morgan fingerprint density at radius 2 is 1.78 bits per heavy atom. The number of hydrogen-bond donors (Lipinski definition) is 1. The summed E-state index contributed by atoms with van der Waals surface area (Å²) in [6, 6.07) is 13.3. The fourth-order valence-electron chi connectivity index (χ4n) is 5.20. The fraction of sp³-hybridized carbons (Fsp3) is 0.462. The highest BCUT2D eigenvalue weighted by Crippen LogP contribution is 2.36. The van der Waals surface area contributed by atoms with Crippen molar-refractivity contribution in [3.8, 4) is 5.75 Å². The van der Waals surface area contributed by atoms with E-state index in [4.69, 9.17) is 4.74 Å². The van der Waals surface area contributed by atoms with Crippen molar-refractivity contribution in [2.24, 2.45) is 5.92 Å². The molecule has 9 nitrogen and oxygen atoms in total. The lowest BCUT2D eigenvalue weighted by atomic mass is 9.97. The third-order valence-electron chi connectivity index (χ3n) is 7.27. The van der Waals surface area contributed by atoms with Gasteiger partial charge >= 0.3 is 0 Å². The molecule has 0 aliphatic carbocycles. The number of piperidine rings is 1. The molecule has 3 aliphatic rings. The Kier molecular flexibility index (Phi) is 6.65. The summed E-state index contributed by atoms with van der Waals surface area (Å²) >= 11 is 0. The molecule has 3 aliphatic heterocycles. The highest BCUT2D eigenvalue weighted by Gasteiger charge is 2.37. The largest absolute Gasteiger partial charge is 0.479 e. The second kappa shape index (κ2) is 9.74. The first-order valence-electron chi connectivity index (χ1n) is 12.4. The molecule has 2 aromatic rings. The van der Waals surface area contributed by atoms with E-state index in [-0.39, 0.29) is 29.2 Å². The molecule has 2 amide bonds. The van der Waals surface area contributed by atoms with Crippen LogP contribution >= 0.6 is 0 Å². The van der Waals surface area contributed by atoms with Crippen molar-refractivity contribution in [1.82, 2.24) is 9.21 Å². The molecular weight excluding hydrogens is 480 g/mol. The van der Waals surface area contributed by atoms with Crippen molar-refractivity contribution in [1.29, 1.82) is 0 Å². The van der Waals surface area contributed by atoms with Crippen LogP contribution in [-0.2, 0) is 19.6 Å². The number of nitrogens with one attached hydrogen (secondary N) is 1. The Hall–Kier alpha value is -3.11. The molecule has 3 heterocycles. The van der Waals surface area contributed by atoms with Crippen molar-refractivity contribution in [2.75, 3.05) is 49.5 Å². The molecule has 0 saturated carbocycles. The smallest absolute Gasteiger partial charge is 0.265 e. The summed E-state index contributed by atoms with van der Waals surface area (Å²) in [7, 11) is -3.84. The highest BCUT2D eigenvalue weighted by molar-refractivity contribution is 7.89. The van der Waals surface area contributed by atoms with E-state index in [2.05, 4.69) is 22.3 Å². The number of anilines is 2. The second-order valence-electron chi connectivity index (χ2n) is 9.71. The predicted molar refractivity (Wildman–Crippen MR) is 137 cm³/mol. The molecule has 10 heteroatoms. The summed E-state index contributed by atoms with van der Waals surface area (Å²) in [5.74, 6) is -0.248. The van der Waals surface area contributed by atoms with Gasteiger partial charge in [0.15, 0.2) is 6.10 Å². The SMILES string of the molecule is Cc1cc2c(cc1S(=O)(=O)N1CCC[C@H](C(=O)N3CCN(c4ccccc4)CC3)C1)O[C@H](C)C(=O)N2. The third kappa shape index (κ3) is 4.67. The summed E-state index contributed by atoms with van der Waals surface area (Å²) in [6.45, 7) is 6.64. The first kappa shape index (κ1) is 24.6. The molecular formula is C26H32N4O5S. The van der Waals surface area contributed by atoms with Crippen molar-refractivity contribution in [2.45, 2.75) is 37.7 Å². The molecule has 192 valence electrons. The summed E-state index contributed by atoms with van der Waals surface area (Å²) in [4.78, 5) is 29.6. The summed E-state index contributed by atoms with van der Waals surface area (Å²) in [5.41, 5.74) is 2.14. The number of carbonyl (C=O) groups is 2. The molecule has 5 rings (SSSR count). The lowest BCUT2D eigenvalue weighted by Crippen LogP contribution is -2.53. The van der Waals surface area contributed by atoms with E-state index in [1.807, 2.05) is 23.1 Å². The molecule has 2 fully saturated rings. The lowest BCUT2D eigenvalue weighted by Gasteiger charge is -2.39. The average molecular weight is 513 g/mol. The molecule has 0 aromatic heterocycles. The molecule has 2 aromatic carbocycles. The standard InChI is InChI=1S/C26H32N4O5S/c1-18-15-22-23(35-19(2)25(31)27-22)16-24(18)36(33,34)30-10-6-7-20(17-30)26(32)29-13-11-28(12-14-29)21-8-4-3-5-9-21/h3-5,8-9,15-16,19-20H,6-7,10-14,17H2,1-2H3,(H,27,31)/t19-,20+/m1/s1. The molecule has 2 atom stereocenters. The Morgan fingerprint density at radius 3 is 2.50 bits per heavy atom. The number of hydrogen-bond acceptors (Lipinski definition) is 6. The van der Waals surface area contributed by atoms with E-state index >= 15 is 0 Å². The number of carbonyl (C=O) groups excluding carboxylic acids is 2. The van der Waals surface area contributed by atoms with Crippen LogP contribution in [0.25, 0.3) is 0 Å². The Balaban J connectivity index is 1.27. The fourth-order valence-corrected chi connectivity index (χ4v) is 6.95. The number of sulfonamides is 1. The Labute approximate surface area is 212 Å². The van der Waals surface area contributed by atoms with Crippen molar-refractivity contribution < 1.29 is 22.7 Å². The third-order valence-corrected chi connectivity index (χ3v) is 9.28. The van der Waals surface area contributed by atoms with Crippen LogP contribution in [0, 0.1) is 12.8 Å². The van der Waals surface area contributed by atoms with E-state index in [0.717, 1.165) is 18.8 Å². The molecule has 1 N–H and O–H groups in total. The van der Waals surface area contributed by atoms with Crippen LogP contribution in [0.1, 0.15) is 25.3 Å². The number of fused-ring (bicyclic) bond motifs is 1. The monoisotopic (exact) mass is 512 g/mol. The van der Waals surface area contributed by atoms with Gasteiger partial charge in [-0.3, -0.25) is 9.59 Å². The van der Waals surface area contributed by atoms with Crippen LogP contribution in [-0.4, -0.2) is 74.8 Å². The minimum Gasteiger partial charge on any atom is -0.479 e. The Bertz CT molecular complexity index is 1260. The lowest BCUT2D eigenvalue weighted by molar-refractivity contribution is -0.137. The van der Waals surface area contributed by atoms with E-state index in [9.17, 15) is 18.0 Å². The average Bonchev–Trinajstić information content (AvgIpc) is 2.89. The van der Waals surface area contributed by atoms with Gasteiger partial charge in [0.05, 0.1) is 16.5 Å². The van der Waals surface area contributed by atoms with Gasteiger partial charge in [-0.15, -0.1) is 0 Å². The van der Waals surface area contributed by atoms with E-state index in [1.54, 1.807) is 19.9 Å². The molecule has 0 unspecified atom stereocenters. The zero-order chi connectivity index (χ0) is 25.4. The summed E-state index contributed by atoms with van der Waals surface area (Å²) < 4.78 is 34.3. The first-order valence-corrected chi connectivity index (χ1v) is 13.9. The number of aryl methyl sites for hydroxylation is 1. The van der Waals surface area contributed by atoms with Crippen LogP contribution in [0.3, 0.4) is 0 Å². The number of para-hydroxylation sites is 1. The first-order chi connectivity index (χ1) is 17.2. The highest BCUT2D eigenvalue weighted by atomic mass is 32.2. The van der Waals surface area contributed by atoms with Gasteiger partial charge < -0.3 is 19.9 Å². The van der Waals surface area contributed by atoms with E-state index in [0.29, 0.717) is 49.5 Å². The summed E-state index contributed by atoms with van der Waals surface area (Å²) in [5, 5.41) is 2.75. The van der Waals surface area contributed by atoms with Crippen molar-refractivity contribution in [3.05, 3.63) is 48.0 Å². The van der Waals surface area contributed by atoms with Gasteiger partial charge in [-0.25, -0.2) is 8.42 Å². The maximum atomic E-state index is 13.6. The number of amides is 2. The van der Waals surface area contributed by atoms with E-state index < -0.39 is 16.1 Å². The second-order valence-corrected chi connectivity index (χ2v) is 11.6. The number of benzene rings is 2. The van der Waals surface area contributed by atoms with Crippen LogP contribution in [0.15, 0.2) is 47.4 Å². The quantitative estimate of drug-likeness (QED) is 0.676. The molecule has 0 bridgehead atoms. The molecule has 36 heavy (non-hydrogen) atoms. The molecule has 2 saturated heterocycles. The van der Waals surface area contributed by atoms with E-state index in [1.165, 1.54) is 10.4 Å². The minimum atomic E-state index is -3.84. The van der Waals surface area contributed by atoms with Crippen molar-refractivity contribution in [3.63, 3.8) is 0 Å². The maximum absolute atomic E-state index is 13.6. The van der Waals surface area contributed by atoms with Crippen LogP contribution < -0.4 is 15.0 Å². The topological polar surface area (TPSA) is 99.3 Å². The number of ether oxygens (including phenoxy) is 1. The van der Waals surface area contributed by atoms with Crippen LogP contribution in [0.5, 0.6) is 5.75 Å². The van der Waals surface area contributed by atoms with Gasteiger partial charge in [-0.2, -0.15) is 4.31 Å². The van der Waals surface area contributed by atoms with Gasteiger partial charge in [0.1, 0.15) is 5.75 Å². The van der Waals surface area contributed by atoms with Gasteiger partial charge in [0.2, 0.25) is 15.9 Å². The minimum absolute atomic E-state index is 0.0321. The van der Waals surface area contributed by atoms with Crippen LogP contribution in [0.4, 0.5) is 11.4 Å². The number of piperazine rings is 1.